The van der Waals surface area contributed by atoms with Gasteiger partial charge in [0.25, 0.3) is 0 Å². The zero-order valence-corrected chi connectivity index (χ0v) is 11.1. The third kappa shape index (κ3) is 3.72. The summed E-state index contributed by atoms with van der Waals surface area (Å²) < 4.78 is 26.7. The molecule has 1 aromatic rings. The monoisotopic (exact) mass is 270 g/mol. The lowest BCUT2D eigenvalue weighted by Crippen LogP contribution is -2.32. The highest BCUT2D eigenvalue weighted by molar-refractivity contribution is 5.21. The largest absolute Gasteiger partial charge is 0.387 e. The molecule has 0 radical (unpaired) electrons. The van der Waals surface area contributed by atoms with Crippen molar-refractivity contribution in [1.29, 1.82) is 0 Å². The molecule has 1 aliphatic heterocycles. The van der Waals surface area contributed by atoms with Crippen molar-refractivity contribution >= 4 is 0 Å². The van der Waals surface area contributed by atoms with E-state index in [2.05, 4.69) is 16.8 Å². The molecular formula is C14H20F2N2O. The zero-order chi connectivity index (χ0) is 13.8. The van der Waals surface area contributed by atoms with Crippen LogP contribution in [0.25, 0.3) is 0 Å². The smallest absolute Gasteiger partial charge is 0.164 e. The van der Waals surface area contributed by atoms with Gasteiger partial charge in [0.05, 0.1) is 6.10 Å². The lowest BCUT2D eigenvalue weighted by Gasteiger charge is -2.23. The zero-order valence-electron chi connectivity index (χ0n) is 11.1. The fourth-order valence-corrected chi connectivity index (χ4v) is 2.40. The third-order valence-corrected chi connectivity index (χ3v) is 3.58. The second-order valence-electron chi connectivity index (χ2n) is 5.12. The van der Waals surface area contributed by atoms with Crippen LogP contribution in [0.2, 0.25) is 0 Å². The summed E-state index contributed by atoms with van der Waals surface area (Å²) in [4.78, 5) is 4.33. The van der Waals surface area contributed by atoms with Crippen LogP contribution in [0.3, 0.4) is 0 Å². The van der Waals surface area contributed by atoms with Crippen LogP contribution < -0.4 is 0 Å². The molecule has 2 rings (SSSR count). The molecule has 5 heteroatoms. The first kappa shape index (κ1) is 14.4. The minimum atomic E-state index is -0.987. The van der Waals surface area contributed by atoms with Gasteiger partial charge in [-0.2, -0.15) is 0 Å². The summed E-state index contributed by atoms with van der Waals surface area (Å²) in [5, 5.41) is 10.1. The van der Waals surface area contributed by atoms with Gasteiger partial charge in [0.1, 0.15) is 0 Å². The van der Waals surface area contributed by atoms with Gasteiger partial charge in [0.2, 0.25) is 0 Å². The molecule has 0 aliphatic carbocycles. The molecular weight excluding hydrogens is 250 g/mol. The van der Waals surface area contributed by atoms with Crippen molar-refractivity contribution in [2.24, 2.45) is 0 Å². The maximum absolute atomic E-state index is 13.6. The molecule has 1 atom stereocenters. The number of rotatable bonds is 3. The fraction of sp³-hybridized carbons (Fsp3) is 0.571. The molecule has 0 amide bonds. The number of aliphatic hydroxyl groups excluding tert-OH is 1. The number of benzene rings is 1. The van der Waals surface area contributed by atoms with Crippen molar-refractivity contribution in [2.75, 3.05) is 39.8 Å². The maximum atomic E-state index is 13.6. The van der Waals surface area contributed by atoms with Gasteiger partial charge in [-0.1, -0.05) is 12.1 Å². The average Bonchev–Trinajstić information content (AvgIpc) is 2.58. The van der Waals surface area contributed by atoms with E-state index in [0.717, 1.165) is 38.7 Å². The van der Waals surface area contributed by atoms with E-state index in [4.69, 9.17) is 0 Å². The predicted octanol–water partition coefficient (Wildman–Crippen LogP) is 1.64. The average molecular weight is 270 g/mol. The Bertz CT molecular complexity index is 428. The van der Waals surface area contributed by atoms with E-state index >= 15 is 0 Å². The highest BCUT2D eigenvalue weighted by Gasteiger charge is 2.20. The second-order valence-corrected chi connectivity index (χ2v) is 5.12. The number of nitrogens with zero attached hydrogens (tertiary/aromatic N) is 2. The van der Waals surface area contributed by atoms with Crippen molar-refractivity contribution in [1.82, 2.24) is 9.80 Å². The van der Waals surface area contributed by atoms with Crippen molar-refractivity contribution < 1.29 is 13.9 Å². The number of aliphatic hydroxyl groups is 1. The van der Waals surface area contributed by atoms with Gasteiger partial charge in [-0.15, -0.1) is 0 Å². The lowest BCUT2D eigenvalue weighted by atomic mass is 10.1. The molecule has 0 saturated carbocycles. The quantitative estimate of drug-likeness (QED) is 0.904. The Balaban J connectivity index is 2.00. The molecule has 1 unspecified atom stereocenters. The third-order valence-electron chi connectivity index (χ3n) is 3.58. The Morgan fingerprint density at radius 3 is 2.79 bits per heavy atom. The molecule has 3 nitrogen and oxygen atoms in total. The summed E-state index contributed by atoms with van der Waals surface area (Å²) in [5.74, 6) is -1.85. The Morgan fingerprint density at radius 1 is 1.21 bits per heavy atom. The van der Waals surface area contributed by atoms with Crippen molar-refractivity contribution in [3.63, 3.8) is 0 Å². The Hall–Kier alpha value is -1.04. The standard InChI is InChI=1S/C14H20F2N2O/c1-17-6-3-7-18(9-8-17)10-13(19)11-4-2-5-12(15)14(11)16/h2,4-5,13,19H,3,6-10H2,1H3. The highest BCUT2D eigenvalue weighted by Crippen LogP contribution is 2.20. The van der Waals surface area contributed by atoms with Gasteiger partial charge < -0.3 is 10.0 Å². The van der Waals surface area contributed by atoms with Crippen LogP contribution >= 0.6 is 0 Å². The summed E-state index contributed by atoms with van der Waals surface area (Å²) in [7, 11) is 2.06. The number of likely N-dealkylation sites (N-methyl/N-ethyl adjacent to an activating group) is 1. The van der Waals surface area contributed by atoms with Gasteiger partial charge in [-0.05, 0) is 32.6 Å². The van der Waals surface area contributed by atoms with E-state index in [1.165, 1.54) is 12.1 Å². The topological polar surface area (TPSA) is 26.7 Å². The molecule has 0 bridgehead atoms. The lowest BCUT2D eigenvalue weighted by molar-refractivity contribution is 0.111. The Labute approximate surface area is 112 Å². The number of hydrogen-bond donors (Lipinski definition) is 1. The maximum Gasteiger partial charge on any atom is 0.164 e. The molecule has 0 aromatic heterocycles. The molecule has 1 fully saturated rings. The van der Waals surface area contributed by atoms with Crippen LogP contribution in [0.5, 0.6) is 0 Å². The number of β-amino-alcohol motifs (C(OH)–C–C–N with tert-alkyl or cyclic N) is 1. The van der Waals surface area contributed by atoms with Crippen molar-refractivity contribution in [2.45, 2.75) is 12.5 Å². The minimum Gasteiger partial charge on any atom is -0.387 e. The normalized spacial score (nSPS) is 20.2. The highest BCUT2D eigenvalue weighted by atomic mass is 19.2. The first-order chi connectivity index (χ1) is 9.08. The molecule has 1 aromatic carbocycles. The van der Waals surface area contributed by atoms with Crippen LogP contribution in [-0.4, -0.2) is 54.7 Å². The number of hydrogen-bond acceptors (Lipinski definition) is 3. The predicted molar refractivity (Wildman–Crippen MR) is 69.9 cm³/mol. The molecule has 1 heterocycles. The Morgan fingerprint density at radius 2 is 2.00 bits per heavy atom. The van der Waals surface area contributed by atoms with E-state index < -0.39 is 17.7 Å². The van der Waals surface area contributed by atoms with Crippen LogP contribution in [-0.2, 0) is 0 Å². The summed E-state index contributed by atoms with van der Waals surface area (Å²) in [6, 6.07) is 3.92. The summed E-state index contributed by atoms with van der Waals surface area (Å²) in [5.41, 5.74) is 0.0394. The van der Waals surface area contributed by atoms with Gasteiger partial charge in [-0.25, -0.2) is 8.78 Å². The van der Waals surface area contributed by atoms with Gasteiger partial charge >= 0.3 is 0 Å². The van der Waals surface area contributed by atoms with Crippen LogP contribution in [0, 0.1) is 11.6 Å². The molecule has 1 N–H and O–H groups in total. The van der Waals surface area contributed by atoms with E-state index in [-0.39, 0.29) is 5.56 Å². The molecule has 106 valence electrons. The molecule has 1 aliphatic rings. The summed E-state index contributed by atoms with van der Waals surface area (Å²) >= 11 is 0. The number of halogens is 2. The van der Waals surface area contributed by atoms with Crippen LogP contribution in [0.4, 0.5) is 8.78 Å². The van der Waals surface area contributed by atoms with E-state index in [1.54, 1.807) is 0 Å². The second kappa shape index (κ2) is 6.41. The molecule has 19 heavy (non-hydrogen) atoms. The van der Waals surface area contributed by atoms with Crippen molar-refractivity contribution in [3.8, 4) is 0 Å². The Kier molecular flexibility index (Phi) is 4.85. The molecule has 1 saturated heterocycles. The van der Waals surface area contributed by atoms with E-state index in [1.807, 2.05) is 0 Å². The SMILES string of the molecule is CN1CCCN(CC(O)c2cccc(F)c2F)CC1. The van der Waals surface area contributed by atoms with E-state index in [0.29, 0.717) is 6.54 Å². The summed E-state index contributed by atoms with van der Waals surface area (Å²) in [6.07, 6.45) is 0.0357. The van der Waals surface area contributed by atoms with Crippen LogP contribution in [0.1, 0.15) is 18.1 Å². The van der Waals surface area contributed by atoms with Gasteiger partial charge in [0, 0.05) is 25.2 Å². The minimum absolute atomic E-state index is 0.0394. The summed E-state index contributed by atoms with van der Waals surface area (Å²) in [6.45, 7) is 4.01. The van der Waals surface area contributed by atoms with Gasteiger partial charge in [0.15, 0.2) is 11.6 Å². The van der Waals surface area contributed by atoms with E-state index in [9.17, 15) is 13.9 Å². The first-order valence-electron chi connectivity index (χ1n) is 6.61. The van der Waals surface area contributed by atoms with Crippen LogP contribution in [0.15, 0.2) is 18.2 Å². The van der Waals surface area contributed by atoms with Gasteiger partial charge in [-0.3, -0.25) is 4.90 Å². The fourth-order valence-electron chi connectivity index (χ4n) is 2.40. The molecule has 0 spiro atoms. The first-order valence-corrected chi connectivity index (χ1v) is 6.61. The van der Waals surface area contributed by atoms with Crippen molar-refractivity contribution in [3.05, 3.63) is 35.4 Å².